The molecule has 3 nitrogen and oxygen atoms in total. The lowest BCUT2D eigenvalue weighted by atomic mass is 10.0. The minimum atomic E-state index is -0.732. The van der Waals surface area contributed by atoms with Crippen LogP contribution in [-0.2, 0) is 13.0 Å². The summed E-state index contributed by atoms with van der Waals surface area (Å²) in [6.45, 7) is 2.71. The van der Waals surface area contributed by atoms with Crippen molar-refractivity contribution >= 4 is 11.6 Å². The lowest BCUT2D eigenvalue weighted by molar-refractivity contribution is 0.178. The molecule has 1 heterocycles. The van der Waals surface area contributed by atoms with Gasteiger partial charge in [0.2, 0.25) is 0 Å². The van der Waals surface area contributed by atoms with Gasteiger partial charge in [-0.3, -0.25) is 4.68 Å². The standard InChI is InChI=1S/C13H14ClFN2O/c1-2-17-8-10(7-16-17)12(18)6-9-4-3-5-11(15)13(9)14/h3-5,7-8,12,18H,2,6H2,1H3. The van der Waals surface area contributed by atoms with Crippen LogP contribution in [0.25, 0.3) is 0 Å². The van der Waals surface area contributed by atoms with Gasteiger partial charge >= 0.3 is 0 Å². The van der Waals surface area contributed by atoms with Crippen molar-refractivity contribution in [2.75, 3.05) is 0 Å². The molecule has 5 heteroatoms. The SMILES string of the molecule is CCn1cc(C(O)Cc2cccc(F)c2Cl)cn1. The summed E-state index contributed by atoms with van der Waals surface area (Å²) in [6.07, 6.45) is 2.93. The van der Waals surface area contributed by atoms with Gasteiger partial charge in [-0.1, -0.05) is 23.7 Å². The Morgan fingerprint density at radius 3 is 2.94 bits per heavy atom. The summed E-state index contributed by atoms with van der Waals surface area (Å²) in [6, 6.07) is 4.59. The van der Waals surface area contributed by atoms with Gasteiger partial charge in [0, 0.05) is 24.7 Å². The number of hydrogen-bond donors (Lipinski definition) is 1. The summed E-state index contributed by atoms with van der Waals surface area (Å²) in [5.41, 5.74) is 1.30. The fourth-order valence-electron chi connectivity index (χ4n) is 1.76. The van der Waals surface area contributed by atoms with Crippen LogP contribution in [0, 0.1) is 5.82 Å². The number of benzene rings is 1. The van der Waals surface area contributed by atoms with Gasteiger partial charge in [-0.15, -0.1) is 0 Å². The van der Waals surface area contributed by atoms with Gasteiger partial charge in [0.25, 0.3) is 0 Å². The number of hydrogen-bond acceptors (Lipinski definition) is 2. The van der Waals surface area contributed by atoms with Crippen molar-refractivity contribution in [2.24, 2.45) is 0 Å². The number of aryl methyl sites for hydroxylation is 1. The molecule has 0 spiro atoms. The van der Waals surface area contributed by atoms with Gasteiger partial charge in [-0.2, -0.15) is 5.10 Å². The first-order valence-corrected chi connectivity index (χ1v) is 6.13. The highest BCUT2D eigenvalue weighted by Crippen LogP contribution is 2.25. The summed E-state index contributed by atoms with van der Waals surface area (Å²) in [7, 11) is 0. The summed E-state index contributed by atoms with van der Waals surface area (Å²) < 4.78 is 15.0. The zero-order chi connectivity index (χ0) is 13.1. The van der Waals surface area contributed by atoms with E-state index < -0.39 is 11.9 Å². The third-order valence-electron chi connectivity index (χ3n) is 2.81. The van der Waals surface area contributed by atoms with Crippen LogP contribution in [0.4, 0.5) is 4.39 Å². The maximum absolute atomic E-state index is 13.3. The molecule has 0 aliphatic carbocycles. The average molecular weight is 269 g/mol. The van der Waals surface area contributed by atoms with E-state index in [0.717, 1.165) is 6.54 Å². The van der Waals surface area contributed by atoms with Crippen LogP contribution in [0.2, 0.25) is 5.02 Å². The van der Waals surface area contributed by atoms with Gasteiger partial charge in [0.1, 0.15) is 5.82 Å². The van der Waals surface area contributed by atoms with Crippen molar-refractivity contribution < 1.29 is 9.50 Å². The molecule has 2 aromatic rings. The van der Waals surface area contributed by atoms with Crippen molar-refractivity contribution in [3.05, 3.63) is 52.6 Å². The van der Waals surface area contributed by atoms with E-state index in [1.165, 1.54) is 6.07 Å². The van der Waals surface area contributed by atoms with Crippen molar-refractivity contribution in [2.45, 2.75) is 26.0 Å². The van der Waals surface area contributed by atoms with E-state index >= 15 is 0 Å². The highest BCUT2D eigenvalue weighted by atomic mass is 35.5. The van der Waals surface area contributed by atoms with E-state index in [9.17, 15) is 9.50 Å². The molecule has 0 amide bonds. The minimum absolute atomic E-state index is 0.0689. The van der Waals surface area contributed by atoms with Gasteiger partial charge in [0.05, 0.1) is 17.3 Å². The molecule has 18 heavy (non-hydrogen) atoms. The van der Waals surface area contributed by atoms with Crippen LogP contribution in [0.5, 0.6) is 0 Å². The predicted molar refractivity (Wildman–Crippen MR) is 68.0 cm³/mol. The van der Waals surface area contributed by atoms with Crippen LogP contribution in [0.1, 0.15) is 24.2 Å². The minimum Gasteiger partial charge on any atom is -0.388 e. The summed E-state index contributed by atoms with van der Waals surface area (Å²) in [4.78, 5) is 0. The number of aromatic nitrogens is 2. The third-order valence-corrected chi connectivity index (χ3v) is 3.23. The predicted octanol–water partition coefficient (Wildman–Crippen LogP) is 2.97. The van der Waals surface area contributed by atoms with Gasteiger partial charge < -0.3 is 5.11 Å². The zero-order valence-electron chi connectivity index (χ0n) is 9.98. The maximum atomic E-state index is 13.3. The normalized spacial score (nSPS) is 12.7. The fraction of sp³-hybridized carbons (Fsp3) is 0.308. The smallest absolute Gasteiger partial charge is 0.142 e. The number of aliphatic hydroxyl groups is 1. The number of nitrogens with zero attached hydrogens (tertiary/aromatic N) is 2. The lowest BCUT2D eigenvalue weighted by Crippen LogP contribution is -2.02. The Bertz CT molecular complexity index is 542. The second-order valence-corrected chi connectivity index (χ2v) is 4.44. The summed E-state index contributed by atoms with van der Waals surface area (Å²) in [5.74, 6) is -0.467. The molecule has 0 saturated heterocycles. The molecule has 2 rings (SSSR count). The number of aliphatic hydroxyl groups excluding tert-OH is 1. The monoisotopic (exact) mass is 268 g/mol. The van der Waals surface area contributed by atoms with E-state index in [-0.39, 0.29) is 11.4 Å². The fourth-order valence-corrected chi connectivity index (χ4v) is 1.96. The largest absolute Gasteiger partial charge is 0.388 e. The second-order valence-electron chi connectivity index (χ2n) is 4.06. The Morgan fingerprint density at radius 2 is 2.28 bits per heavy atom. The van der Waals surface area contributed by atoms with E-state index in [1.54, 1.807) is 29.2 Å². The molecule has 96 valence electrons. The molecule has 0 fully saturated rings. The van der Waals surface area contributed by atoms with E-state index in [0.29, 0.717) is 11.1 Å². The maximum Gasteiger partial charge on any atom is 0.142 e. The van der Waals surface area contributed by atoms with Crippen LogP contribution < -0.4 is 0 Å². The number of rotatable bonds is 4. The molecule has 1 atom stereocenters. The van der Waals surface area contributed by atoms with Gasteiger partial charge in [0.15, 0.2) is 0 Å². The Morgan fingerprint density at radius 1 is 1.50 bits per heavy atom. The van der Waals surface area contributed by atoms with Gasteiger partial charge in [-0.25, -0.2) is 4.39 Å². The molecule has 0 aliphatic heterocycles. The molecule has 0 radical (unpaired) electrons. The van der Waals surface area contributed by atoms with Crippen molar-refractivity contribution in [3.8, 4) is 0 Å². The van der Waals surface area contributed by atoms with Crippen molar-refractivity contribution in [1.29, 1.82) is 0 Å². The quantitative estimate of drug-likeness (QED) is 0.926. The zero-order valence-corrected chi connectivity index (χ0v) is 10.7. The van der Waals surface area contributed by atoms with Crippen molar-refractivity contribution in [1.82, 2.24) is 9.78 Å². The van der Waals surface area contributed by atoms with E-state index in [4.69, 9.17) is 11.6 Å². The number of halogens is 2. The first kappa shape index (κ1) is 13.1. The Kier molecular flexibility index (Phi) is 3.99. The highest BCUT2D eigenvalue weighted by molar-refractivity contribution is 6.31. The molecular weight excluding hydrogens is 255 g/mol. The summed E-state index contributed by atoms with van der Waals surface area (Å²) >= 11 is 5.85. The van der Waals surface area contributed by atoms with E-state index in [2.05, 4.69) is 5.10 Å². The summed E-state index contributed by atoms with van der Waals surface area (Å²) in [5, 5.41) is 14.2. The molecule has 1 N–H and O–H groups in total. The molecule has 1 aromatic heterocycles. The Labute approximate surface area is 110 Å². The molecule has 0 saturated carbocycles. The molecule has 1 unspecified atom stereocenters. The first-order valence-electron chi connectivity index (χ1n) is 5.75. The molecule has 0 bridgehead atoms. The molecule has 0 aliphatic rings. The topological polar surface area (TPSA) is 38.0 Å². The van der Waals surface area contributed by atoms with Gasteiger partial charge in [-0.05, 0) is 18.6 Å². The van der Waals surface area contributed by atoms with E-state index in [1.807, 2.05) is 6.92 Å². The van der Waals surface area contributed by atoms with Crippen LogP contribution in [0.3, 0.4) is 0 Å². The first-order chi connectivity index (χ1) is 8.61. The third kappa shape index (κ3) is 2.71. The van der Waals surface area contributed by atoms with Crippen LogP contribution in [0.15, 0.2) is 30.6 Å². The Balaban J connectivity index is 2.15. The van der Waals surface area contributed by atoms with Crippen LogP contribution in [-0.4, -0.2) is 14.9 Å². The molecule has 1 aromatic carbocycles. The van der Waals surface area contributed by atoms with Crippen molar-refractivity contribution in [3.63, 3.8) is 0 Å². The Hall–Kier alpha value is -1.39. The second kappa shape index (κ2) is 5.50. The highest BCUT2D eigenvalue weighted by Gasteiger charge is 2.14. The van der Waals surface area contributed by atoms with Crippen LogP contribution >= 0.6 is 11.6 Å². The lowest BCUT2D eigenvalue weighted by Gasteiger charge is -2.10. The molecular formula is C13H14ClFN2O. The average Bonchev–Trinajstić information content (AvgIpc) is 2.83.